The molecule has 0 aliphatic heterocycles. The Balaban J connectivity index is 1.50. The zero-order chi connectivity index (χ0) is 26.8. The van der Waals surface area contributed by atoms with Gasteiger partial charge in [-0.1, -0.05) is 18.6 Å². The van der Waals surface area contributed by atoms with E-state index >= 15 is 4.39 Å². The number of Topliss-reactive ketones (excluding diaryl/α,β-unsaturated/α-hetero) is 1. The molecule has 0 bridgehead atoms. The van der Waals surface area contributed by atoms with Crippen LogP contribution in [0.5, 0.6) is 5.88 Å². The number of ether oxygens (including phenoxy) is 1. The number of hydrogen-bond acceptors (Lipinski definition) is 8. The minimum absolute atomic E-state index is 0.0730. The van der Waals surface area contributed by atoms with Crippen LogP contribution < -0.4 is 4.74 Å². The first-order valence-corrected chi connectivity index (χ1v) is 14.0. The van der Waals surface area contributed by atoms with Gasteiger partial charge in [-0.25, -0.2) is 27.8 Å². The van der Waals surface area contributed by atoms with Crippen molar-refractivity contribution in [3.63, 3.8) is 0 Å². The standard InChI is InChI=1S/C27H31FN4O4S/c1-17(2)36-26-15-29-14-22(31-26)19-9-8-18(21(28)12-19)13-24(33)27(3,4)23-10-11-30-25(32-23)16-37(34,35)20-6-5-7-20/h8-12,14-15,17,20H,5-7,13,16H2,1-4H3. The quantitative estimate of drug-likeness (QED) is 0.382. The van der Waals surface area contributed by atoms with Gasteiger partial charge in [-0.15, -0.1) is 0 Å². The Morgan fingerprint density at radius 3 is 2.57 bits per heavy atom. The highest BCUT2D eigenvalue weighted by Crippen LogP contribution is 2.30. The van der Waals surface area contributed by atoms with E-state index in [1.165, 1.54) is 24.7 Å². The minimum Gasteiger partial charge on any atom is -0.474 e. The van der Waals surface area contributed by atoms with Crippen molar-refractivity contribution in [3.8, 4) is 17.1 Å². The molecule has 1 aliphatic rings. The van der Waals surface area contributed by atoms with Gasteiger partial charge in [0, 0.05) is 18.2 Å². The lowest BCUT2D eigenvalue weighted by atomic mass is 9.81. The molecule has 1 fully saturated rings. The largest absolute Gasteiger partial charge is 0.474 e. The lowest BCUT2D eigenvalue weighted by Gasteiger charge is -2.25. The Morgan fingerprint density at radius 1 is 1.16 bits per heavy atom. The smallest absolute Gasteiger partial charge is 0.233 e. The van der Waals surface area contributed by atoms with E-state index in [0.717, 1.165) is 6.42 Å². The van der Waals surface area contributed by atoms with E-state index in [2.05, 4.69) is 19.9 Å². The van der Waals surface area contributed by atoms with Crippen LogP contribution in [0.4, 0.5) is 4.39 Å². The number of benzene rings is 1. The minimum atomic E-state index is -3.33. The lowest BCUT2D eigenvalue weighted by molar-refractivity contribution is -0.123. The summed E-state index contributed by atoms with van der Waals surface area (Å²) >= 11 is 0. The van der Waals surface area contributed by atoms with E-state index in [9.17, 15) is 13.2 Å². The van der Waals surface area contributed by atoms with Crippen molar-refractivity contribution in [2.45, 2.75) is 75.9 Å². The summed E-state index contributed by atoms with van der Waals surface area (Å²) in [5.41, 5.74) is 0.548. The van der Waals surface area contributed by atoms with E-state index < -0.39 is 21.1 Å². The van der Waals surface area contributed by atoms with Crippen molar-refractivity contribution >= 4 is 15.6 Å². The highest BCUT2D eigenvalue weighted by Gasteiger charge is 2.34. The number of rotatable bonds is 10. The first kappa shape index (κ1) is 26.8. The fourth-order valence-electron chi connectivity index (χ4n) is 4.02. The first-order chi connectivity index (χ1) is 17.5. The highest BCUT2D eigenvalue weighted by atomic mass is 32.2. The first-order valence-electron chi connectivity index (χ1n) is 12.3. The lowest BCUT2D eigenvalue weighted by Crippen LogP contribution is -2.33. The number of sulfone groups is 1. The average molecular weight is 527 g/mol. The van der Waals surface area contributed by atoms with Crippen LogP contribution in [0.1, 0.15) is 64.0 Å². The van der Waals surface area contributed by atoms with E-state index in [-0.39, 0.29) is 40.7 Å². The Bertz CT molecular complexity index is 1410. The SMILES string of the molecule is CC(C)Oc1cncc(-c2ccc(CC(=O)C(C)(C)c3ccnc(CS(=O)(=O)C4CCC4)n3)c(F)c2)n1. The summed E-state index contributed by atoms with van der Waals surface area (Å²) < 4.78 is 45.7. The Labute approximate surface area is 216 Å². The summed E-state index contributed by atoms with van der Waals surface area (Å²) in [6, 6.07) is 6.18. The number of aromatic nitrogens is 4. The summed E-state index contributed by atoms with van der Waals surface area (Å²) in [4.78, 5) is 30.3. The number of carbonyl (C=O) groups is 1. The molecule has 0 N–H and O–H groups in total. The summed E-state index contributed by atoms with van der Waals surface area (Å²) in [5, 5.41) is -0.337. The molecule has 196 valence electrons. The van der Waals surface area contributed by atoms with Gasteiger partial charge in [0.1, 0.15) is 23.2 Å². The molecule has 8 nitrogen and oxygen atoms in total. The number of ketones is 1. The van der Waals surface area contributed by atoms with Crippen molar-refractivity contribution in [3.05, 3.63) is 65.8 Å². The average Bonchev–Trinajstić information content (AvgIpc) is 2.78. The maximum atomic E-state index is 15.0. The van der Waals surface area contributed by atoms with Gasteiger partial charge in [-0.2, -0.15) is 0 Å². The Morgan fingerprint density at radius 2 is 1.92 bits per heavy atom. The van der Waals surface area contributed by atoms with Crippen molar-refractivity contribution in [2.75, 3.05) is 0 Å². The second-order valence-corrected chi connectivity index (χ2v) is 12.4. The van der Waals surface area contributed by atoms with Crippen LogP contribution in [0.15, 0.2) is 42.9 Å². The molecule has 0 atom stereocenters. The zero-order valence-electron chi connectivity index (χ0n) is 21.4. The van der Waals surface area contributed by atoms with Crippen LogP contribution in [0, 0.1) is 5.82 Å². The van der Waals surface area contributed by atoms with Gasteiger partial charge in [0.2, 0.25) is 5.88 Å². The normalized spacial score (nSPS) is 14.4. The Hall–Kier alpha value is -3.27. The Kier molecular flexibility index (Phi) is 7.68. The molecule has 0 amide bonds. The van der Waals surface area contributed by atoms with Gasteiger partial charge < -0.3 is 4.74 Å². The molecule has 2 aromatic heterocycles. The molecule has 4 rings (SSSR count). The second-order valence-electron chi connectivity index (χ2n) is 10.2. The predicted octanol–water partition coefficient (Wildman–Crippen LogP) is 4.42. The highest BCUT2D eigenvalue weighted by molar-refractivity contribution is 7.91. The summed E-state index contributed by atoms with van der Waals surface area (Å²) in [6.07, 6.45) is 6.51. The van der Waals surface area contributed by atoms with Crippen molar-refractivity contribution in [1.82, 2.24) is 19.9 Å². The molecule has 2 heterocycles. The fraction of sp³-hybridized carbons (Fsp3) is 0.444. The monoisotopic (exact) mass is 526 g/mol. The third-order valence-electron chi connectivity index (χ3n) is 6.60. The van der Waals surface area contributed by atoms with E-state index in [1.807, 2.05) is 13.8 Å². The molecule has 37 heavy (non-hydrogen) atoms. The molecule has 10 heteroatoms. The van der Waals surface area contributed by atoms with Crippen LogP contribution in [0.3, 0.4) is 0 Å². The summed E-state index contributed by atoms with van der Waals surface area (Å²) in [6.45, 7) is 7.15. The van der Waals surface area contributed by atoms with Gasteiger partial charge in [0.25, 0.3) is 0 Å². The maximum Gasteiger partial charge on any atom is 0.233 e. The van der Waals surface area contributed by atoms with Gasteiger partial charge in [-0.05, 0) is 58.2 Å². The number of hydrogen-bond donors (Lipinski definition) is 0. The van der Waals surface area contributed by atoms with Gasteiger partial charge in [-0.3, -0.25) is 9.78 Å². The van der Waals surface area contributed by atoms with Gasteiger partial charge in [0.15, 0.2) is 9.84 Å². The zero-order valence-corrected chi connectivity index (χ0v) is 22.3. The number of nitrogens with zero attached hydrogens (tertiary/aromatic N) is 4. The summed E-state index contributed by atoms with van der Waals surface area (Å²) in [7, 11) is -3.33. The predicted molar refractivity (Wildman–Crippen MR) is 137 cm³/mol. The van der Waals surface area contributed by atoms with Crippen LogP contribution in [-0.2, 0) is 32.2 Å². The topological polar surface area (TPSA) is 112 Å². The maximum absolute atomic E-state index is 15.0. The van der Waals surface area contributed by atoms with Crippen molar-refractivity contribution in [1.29, 1.82) is 0 Å². The van der Waals surface area contributed by atoms with Gasteiger partial charge >= 0.3 is 0 Å². The second kappa shape index (κ2) is 10.6. The van der Waals surface area contributed by atoms with Crippen LogP contribution >= 0.6 is 0 Å². The molecule has 0 radical (unpaired) electrons. The molecule has 1 aliphatic carbocycles. The van der Waals surface area contributed by atoms with Crippen LogP contribution in [0.25, 0.3) is 11.3 Å². The number of carbonyl (C=O) groups excluding carboxylic acids is 1. The van der Waals surface area contributed by atoms with E-state index in [1.54, 1.807) is 32.0 Å². The fourth-order valence-corrected chi connectivity index (χ4v) is 5.80. The molecular formula is C27H31FN4O4S. The van der Waals surface area contributed by atoms with Crippen molar-refractivity contribution in [2.24, 2.45) is 0 Å². The van der Waals surface area contributed by atoms with Crippen LogP contribution in [-0.4, -0.2) is 45.5 Å². The molecule has 1 aromatic carbocycles. The third-order valence-corrected chi connectivity index (χ3v) is 8.75. The number of halogens is 1. The molecule has 3 aromatic rings. The van der Waals surface area contributed by atoms with E-state index in [4.69, 9.17) is 4.74 Å². The van der Waals surface area contributed by atoms with E-state index in [0.29, 0.717) is 35.7 Å². The summed E-state index contributed by atoms with van der Waals surface area (Å²) in [5.74, 6) is -0.520. The van der Waals surface area contributed by atoms with Gasteiger partial charge in [0.05, 0.1) is 40.6 Å². The molecule has 0 saturated heterocycles. The molecule has 0 spiro atoms. The van der Waals surface area contributed by atoms with Crippen LogP contribution in [0.2, 0.25) is 0 Å². The van der Waals surface area contributed by atoms with Crippen molar-refractivity contribution < 1.29 is 22.3 Å². The molecular weight excluding hydrogens is 495 g/mol. The third kappa shape index (κ3) is 6.18. The molecule has 0 unspecified atom stereocenters. The molecule has 1 saturated carbocycles.